The largest absolute Gasteiger partial charge is 0.463 e. The van der Waals surface area contributed by atoms with E-state index in [1.54, 1.807) is 6.07 Å². The number of nitrogens with one attached hydrogen (secondary N) is 1. The lowest BCUT2D eigenvalue weighted by Gasteiger charge is -2.15. The molecule has 0 saturated heterocycles. The average molecular weight is 442 g/mol. The van der Waals surface area contributed by atoms with Gasteiger partial charge in [0, 0.05) is 17.8 Å². The van der Waals surface area contributed by atoms with E-state index in [1.807, 2.05) is 31.5 Å². The molecule has 0 atom stereocenters. The number of ether oxygens (including phenoxy) is 1. The molecule has 9 nitrogen and oxygen atoms in total. The first-order valence-corrected chi connectivity index (χ1v) is 10.1. The van der Waals surface area contributed by atoms with Crippen molar-refractivity contribution < 1.29 is 19.4 Å². The number of aromatic nitrogens is 2. The number of hydrogen-bond donors (Lipinski definition) is 3. The molecule has 4 N–H and O–H groups in total. The monoisotopic (exact) mass is 441 g/mol. The molecule has 4 rings (SSSR count). The Bertz CT molecular complexity index is 1220. The third kappa shape index (κ3) is 4.46. The van der Waals surface area contributed by atoms with Crippen LogP contribution in [0.5, 0.6) is 11.5 Å². The molecule has 0 unspecified atom stereocenters. The van der Waals surface area contributed by atoms with Gasteiger partial charge in [0.15, 0.2) is 5.84 Å². The summed E-state index contributed by atoms with van der Waals surface area (Å²) in [5, 5.41) is 11.4. The summed E-state index contributed by atoms with van der Waals surface area (Å²) in [6.45, 7) is 1.93. The molecule has 2 aromatic carbocycles. The van der Waals surface area contributed by atoms with Gasteiger partial charge in [-0.25, -0.2) is 9.78 Å². The molecule has 3 aromatic rings. The maximum absolute atomic E-state index is 12.0. The molecular formula is C21H20ClN5O4. The fourth-order valence-corrected chi connectivity index (χ4v) is 3.56. The second-order valence-corrected chi connectivity index (χ2v) is 7.58. The molecule has 1 fully saturated rings. The predicted octanol–water partition coefficient (Wildman–Crippen LogP) is 4.35. The highest BCUT2D eigenvalue weighted by Crippen LogP contribution is 2.40. The summed E-state index contributed by atoms with van der Waals surface area (Å²) in [4.78, 5) is 30.0. The number of anilines is 1. The van der Waals surface area contributed by atoms with E-state index in [0.29, 0.717) is 34.7 Å². The van der Waals surface area contributed by atoms with Crippen LogP contribution in [-0.4, -0.2) is 32.5 Å². The number of carbonyl (C=O) groups excluding carboxylic acids is 1. The Morgan fingerprint density at radius 2 is 2.13 bits per heavy atom. The minimum Gasteiger partial charge on any atom is -0.463 e. The summed E-state index contributed by atoms with van der Waals surface area (Å²) in [6.07, 6.45) is 3.19. The van der Waals surface area contributed by atoms with Crippen molar-refractivity contribution in [2.45, 2.75) is 32.2 Å². The summed E-state index contributed by atoms with van der Waals surface area (Å²) in [5.74, 6) is -0.400. The van der Waals surface area contributed by atoms with Gasteiger partial charge in [-0.05, 0) is 49.1 Å². The maximum Gasteiger partial charge on any atom is 0.433 e. The predicted molar refractivity (Wildman–Crippen MR) is 117 cm³/mol. The third-order valence-corrected chi connectivity index (χ3v) is 5.20. The number of amides is 2. The zero-order valence-corrected chi connectivity index (χ0v) is 17.4. The number of benzene rings is 2. The Labute approximate surface area is 182 Å². The van der Waals surface area contributed by atoms with E-state index in [0.717, 1.165) is 29.4 Å². The Kier molecular flexibility index (Phi) is 5.51. The number of aliphatic imine (C=N–C) groups is 1. The number of carboxylic acid groups (broad SMARTS) is 1. The zero-order chi connectivity index (χ0) is 22.1. The van der Waals surface area contributed by atoms with Gasteiger partial charge < -0.3 is 25.5 Å². The van der Waals surface area contributed by atoms with Crippen LogP contribution in [0.15, 0.2) is 41.7 Å². The van der Waals surface area contributed by atoms with Crippen LogP contribution < -0.4 is 15.8 Å². The van der Waals surface area contributed by atoms with Crippen LogP contribution in [-0.2, 0) is 11.2 Å². The van der Waals surface area contributed by atoms with E-state index in [2.05, 4.69) is 19.9 Å². The van der Waals surface area contributed by atoms with Crippen molar-refractivity contribution in [3.8, 4) is 11.5 Å². The fraction of sp³-hybridized carbons (Fsp3) is 0.238. The SMILES string of the molecule is CCc1cc(NC(=O)/C(N)=N/C(=O)O)cc(Cl)c1Oc1ccc2ncn(C3CC3)c2c1. The van der Waals surface area contributed by atoms with Crippen LogP contribution in [0.1, 0.15) is 31.4 Å². The topological polar surface area (TPSA) is 132 Å². The highest BCUT2D eigenvalue weighted by Gasteiger charge is 2.25. The molecule has 2 amide bonds. The first kappa shape index (κ1) is 20.7. The van der Waals surface area contributed by atoms with Crippen molar-refractivity contribution in [3.63, 3.8) is 0 Å². The lowest BCUT2D eigenvalue weighted by atomic mass is 10.1. The quantitative estimate of drug-likeness (QED) is 0.398. The molecule has 1 heterocycles. The summed E-state index contributed by atoms with van der Waals surface area (Å²) in [7, 11) is 0. The highest BCUT2D eigenvalue weighted by atomic mass is 35.5. The maximum atomic E-state index is 12.0. The van der Waals surface area contributed by atoms with E-state index >= 15 is 0 Å². The number of carbonyl (C=O) groups is 2. The van der Waals surface area contributed by atoms with Crippen LogP contribution in [0.25, 0.3) is 11.0 Å². The number of amidine groups is 1. The molecule has 0 spiro atoms. The molecule has 1 aromatic heterocycles. The van der Waals surface area contributed by atoms with Gasteiger partial charge in [-0.2, -0.15) is 4.99 Å². The number of nitrogens with zero attached hydrogens (tertiary/aromatic N) is 3. The zero-order valence-electron chi connectivity index (χ0n) is 16.6. The molecule has 31 heavy (non-hydrogen) atoms. The fourth-order valence-electron chi connectivity index (χ4n) is 3.28. The molecular weight excluding hydrogens is 422 g/mol. The van der Waals surface area contributed by atoms with E-state index in [1.165, 1.54) is 6.07 Å². The number of halogens is 1. The van der Waals surface area contributed by atoms with Gasteiger partial charge in [0.1, 0.15) is 11.5 Å². The van der Waals surface area contributed by atoms with Crippen molar-refractivity contribution in [1.29, 1.82) is 0 Å². The summed E-state index contributed by atoms with van der Waals surface area (Å²) in [5.41, 5.74) is 8.39. The molecule has 0 aliphatic heterocycles. The number of rotatable bonds is 5. The minimum absolute atomic E-state index is 0.291. The van der Waals surface area contributed by atoms with Crippen molar-refractivity contribution in [3.05, 3.63) is 47.2 Å². The lowest BCUT2D eigenvalue weighted by molar-refractivity contribution is -0.110. The Balaban J connectivity index is 1.60. The van der Waals surface area contributed by atoms with Gasteiger partial charge in [0.2, 0.25) is 0 Å². The second kappa shape index (κ2) is 8.27. The molecule has 160 valence electrons. The van der Waals surface area contributed by atoms with Gasteiger partial charge in [-0.1, -0.05) is 18.5 Å². The van der Waals surface area contributed by atoms with Gasteiger partial charge >= 0.3 is 6.09 Å². The number of aryl methyl sites for hydroxylation is 1. The first-order chi connectivity index (χ1) is 14.9. The number of nitrogens with two attached hydrogens (primary N) is 1. The van der Waals surface area contributed by atoms with Crippen molar-refractivity contribution >= 4 is 46.2 Å². The number of imidazole rings is 1. The van der Waals surface area contributed by atoms with E-state index in [-0.39, 0.29) is 0 Å². The Morgan fingerprint density at radius 1 is 1.35 bits per heavy atom. The van der Waals surface area contributed by atoms with Crippen molar-refractivity contribution in [2.24, 2.45) is 10.7 Å². The number of hydrogen-bond acceptors (Lipinski definition) is 4. The summed E-state index contributed by atoms with van der Waals surface area (Å²) >= 11 is 6.45. The molecule has 1 aliphatic rings. The summed E-state index contributed by atoms with van der Waals surface area (Å²) in [6, 6.07) is 9.38. The van der Waals surface area contributed by atoms with E-state index in [4.69, 9.17) is 27.2 Å². The van der Waals surface area contributed by atoms with E-state index < -0.39 is 17.8 Å². The molecule has 0 bridgehead atoms. The van der Waals surface area contributed by atoms with Crippen LogP contribution in [0.2, 0.25) is 5.02 Å². The number of fused-ring (bicyclic) bond motifs is 1. The van der Waals surface area contributed by atoms with E-state index in [9.17, 15) is 9.59 Å². The van der Waals surface area contributed by atoms with Gasteiger partial charge in [-0.15, -0.1) is 0 Å². The average Bonchev–Trinajstić information content (AvgIpc) is 3.48. The van der Waals surface area contributed by atoms with Crippen LogP contribution >= 0.6 is 11.6 Å². The smallest absolute Gasteiger partial charge is 0.433 e. The van der Waals surface area contributed by atoms with Crippen LogP contribution in [0.3, 0.4) is 0 Å². The highest BCUT2D eigenvalue weighted by molar-refractivity contribution is 6.42. The van der Waals surface area contributed by atoms with Gasteiger partial charge in [0.05, 0.1) is 22.4 Å². The van der Waals surface area contributed by atoms with Crippen LogP contribution in [0.4, 0.5) is 10.5 Å². The summed E-state index contributed by atoms with van der Waals surface area (Å²) < 4.78 is 8.27. The first-order valence-electron chi connectivity index (χ1n) is 9.71. The lowest BCUT2D eigenvalue weighted by Crippen LogP contribution is -2.31. The van der Waals surface area contributed by atoms with Crippen molar-refractivity contribution in [1.82, 2.24) is 9.55 Å². The van der Waals surface area contributed by atoms with Gasteiger partial charge in [0.25, 0.3) is 5.91 Å². The Morgan fingerprint density at radius 3 is 2.81 bits per heavy atom. The third-order valence-electron chi connectivity index (χ3n) is 4.91. The van der Waals surface area contributed by atoms with Crippen molar-refractivity contribution in [2.75, 3.05) is 5.32 Å². The van der Waals surface area contributed by atoms with Crippen LogP contribution in [0, 0.1) is 0 Å². The second-order valence-electron chi connectivity index (χ2n) is 7.17. The molecule has 0 radical (unpaired) electrons. The Hall–Kier alpha value is -3.59. The molecule has 10 heteroatoms. The molecule has 1 aliphatic carbocycles. The normalized spacial score (nSPS) is 13.9. The standard InChI is InChI=1S/C21H20ClN5O4/c1-2-11-7-12(25-20(28)19(23)26-21(29)30)8-15(22)18(11)31-14-5-6-16-17(9-14)27(10-24-16)13-3-4-13/h5-10,13H,2-4H2,1H3,(H2,23,26)(H,25,28)(H,29,30). The molecule has 1 saturated carbocycles. The van der Waals surface area contributed by atoms with Gasteiger partial charge in [-0.3, -0.25) is 4.79 Å². The minimum atomic E-state index is -1.55.